The first-order valence-electron chi connectivity index (χ1n) is 6.20. The molecule has 0 N–H and O–H groups in total. The highest BCUT2D eigenvalue weighted by molar-refractivity contribution is 7.80. The van der Waals surface area contributed by atoms with Crippen LogP contribution in [0.4, 0.5) is 0 Å². The normalized spacial score (nSPS) is 9.86. The predicted octanol–water partition coefficient (Wildman–Crippen LogP) is 1.15. The van der Waals surface area contributed by atoms with Crippen molar-refractivity contribution in [3.8, 4) is 0 Å². The quantitative estimate of drug-likeness (QED) is 0.630. The van der Waals surface area contributed by atoms with Gasteiger partial charge in [-0.3, -0.25) is 14.4 Å². The van der Waals surface area contributed by atoms with E-state index in [0.717, 1.165) is 0 Å². The monoisotopic (exact) mass is 311 g/mol. The Balaban J connectivity index is 2.89. The van der Waals surface area contributed by atoms with E-state index in [1.165, 1.54) is 19.1 Å². The van der Waals surface area contributed by atoms with E-state index in [9.17, 15) is 14.4 Å². The van der Waals surface area contributed by atoms with Crippen molar-refractivity contribution in [1.82, 2.24) is 4.90 Å². The third-order valence-electron chi connectivity index (χ3n) is 2.78. The molecule has 1 amide bonds. The molecule has 0 unspecified atom stereocenters. The van der Waals surface area contributed by atoms with Gasteiger partial charge >= 0.3 is 11.9 Å². The van der Waals surface area contributed by atoms with Crippen LogP contribution in [0.15, 0.2) is 29.2 Å². The van der Waals surface area contributed by atoms with E-state index in [1.807, 2.05) is 0 Å². The van der Waals surface area contributed by atoms with Crippen LogP contribution in [-0.4, -0.2) is 50.1 Å². The lowest BCUT2D eigenvalue weighted by atomic mass is 10.2. The van der Waals surface area contributed by atoms with Crippen molar-refractivity contribution in [1.29, 1.82) is 0 Å². The van der Waals surface area contributed by atoms with Gasteiger partial charge in [0.1, 0.15) is 6.54 Å². The van der Waals surface area contributed by atoms with Gasteiger partial charge in [-0.15, -0.1) is 12.6 Å². The zero-order valence-corrected chi connectivity index (χ0v) is 12.8. The van der Waals surface area contributed by atoms with Crippen LogP contribution >= 0.6 is 12.6 Å². The predicted molar refractivity (Wildman–Crippen MR) is 78.2 cm³/mol. The lowest BCUT2D eigenvalue weighted by Gasteiger charge is -2.21. The Bertz CT molecular complexity index is 532. The van der Waals surface area contributed by atoms with E-state index in [0.29, 0.717) is 10.5 Å². The summed E-state index contributed by atoms with van der Waals surface area (Å²) in [4.78, 5) is 36.8. The third kappa shape index (κ3) is 5.11. The number of methoxy groups -OCH3 is 2. The Hall–Kier alpha value is -2.02. The molecule has 0 heterocycles. The first kappa shape index (κ1) is 17.0. The molecule has 1 aromatic carbocycles. The van der Waals surface area contributed by atoms with Gasteiger partial charge in [-0.2, -0.15) is 0 Å². The number of rotatable bonds is 6. The molecule has 21 heavy (non-hydrogen) atoms. The molecule has 0 aliphatic heterocycles. The summed E-state index contributed by atoms with van der Waals surface area (Å²) < 4.78 is 9.09. The fourth-order valence-corrected chi connectivity index (χ4v) is 1.88. The molecule has 1 rings (SSSR count). The highest BCUT2D eigenvalue weighted by Gasteiger charge is 2.21. The van der Waals surface area contributed by atoms with Gasteiger partial charge in [0, 0.05) is 11.4 Å². The highest BCUT2D eigenvalue weighted by Crippen LogP contribution is 2.15. The minimum absolute atomic E-state index is 0.00598. The van der Waals surface area contributed by atoms with Crippen molar-refractivity contribution < 1.29 is 23.9 Å². The molecule has 0 spiro atoms. The van der Waals surface area contributed by atoms with E-state index >= 15 is 0 Å². The fraction of sp³-hybridized carbons (Fsp3) is 0.357. The molecule has 114 valence electrons. The molecule has 7 heteroatoms. The van der Waals surface area contributed by atoms with Crippen molar-refractivity contribution in [3.05, 3.63) is 29.8 Å². The molecule has 0 atom stereocenters. The second-order valence-electron chi connectivity index (χ2n) is 4.15. The molecule has 0 bridgehead atoms. The number of benzene rings is 1. The number of esters is 2. The fourth-order valence-electron chi connectivity index (χ4n) is 1.63. The van der Waals surface area contributed by atoms with Crippen LogP contribution in [0.2, 0.25) is 0 Å². The van der Waals surface area contributed by atoms with E-state index in [2.05, 4.69) is 22.1 Å². The van der Waals surface area contributed by atoms with Crippen molar-refractivity contribution >= 4 is 30.5 Å². The Labute approximate surface area is 128 Å². The summed E-state index contributed by atoms with van der Waals surface area (Å²) in [6.07, 6.45) is -0.00598. The van der Waals surface area contributed by atoms with E-state index in [4.69, 9.17) is 0 Å². The maximum atomic E-state index is 12.4. The van der Waals surface area contributed by atoms with Crippen LogP contribution in [-0.2, 0) is 19.1 Å². The van der Waals surface area contributed by atoms with Gasteiger partial charge in [0.05, 0.1) is 26.2 Å². The number of thiol groups is 1. The summed E-state index contributed by atoms with van der Waals surface area (Å²) >= 11 is 4.22. The molecule has 0 radical (unpaired) electrons. The zero-order valence-electron chi connectivity index (χ0n) is 11.9. The molecular formula is C14H17NO5S. The maximum Gasteiger partial charge on any atom is 0.325 e. The number of amides is 1. The van der Waals surface area contributed by atoms with Gasteiger partial charge < -0.3 is 14.4 Å². The number of ether oxygens (including phenoxy) is 2. The standard InChI is InChI=1S/C14H17NO5S/c1-19-12(16)7-8-15(9-13(17)20-2)14(18)10-5-3-4-6-11(10)21/h3-6,21H,7-9H2,1-2H3. The molecule has 1 aromatic rings. The van der Waals surface area contributed by atoms with Crippen LogP contribution in [0.1, 0.15) is 16.8 Å². The zero-order chi connectivity index (χ0) is 15.8. The average molecular weight is 311 g/mol. The van der Waals surface area contributed by atoms with Crippen molar-refractivity contribution in [2.45, 2.75) is 11.3 Å². The number of carbonyl (C=O) groups excluding carboxylic acids is 3. The molecule has 0 saturated carbocycles. The van der Waals surface area contributed by atoms with Crippen LogP contribution in [0, 0.1) is 0 Å². The lowest BCUT2D eigenvalue weighted by Crippen LogP contribution is -2.38. The number of hydrogen-bond donors (Lipinski definition) is 1. The Morgan fingerprint density at radius 2 is 1.71 bits per heavy atom. The van der Waals surface area contributed by atoms with Gasteiger partial charge in [0.15, 0.2) is 0 Å². The van der Waals surface area contributed by atoms with Gasteiger partial charge in [0.25, 0.3) is 5.91 Å². The molecule has 0 aromatic heterocycles. The lowest BCUT2D eigenvalue weighted by molar-refractivity contribution is -0.143. The molecular weight excluding hydrogens is 294 g/mol. The van der Waals surface area contributed by atoms with Crippen LogP contribution < -0.4 is 0 Å². The van der Waals surface area contributed by atoms with Crippen molar-refractivity contribution in [2.75, 3.05) is 27.3 Å². The van der Waals surface area contributed by atoms with Crippen molar-refractivity contribution in [2.24, 2.45) is 0 Å². The maximum absolute atomic E-state index is 12.4. The summed E-state index contributed by atoms with van der Waals surface area (Å²) in [5.41, 5.74) is 0.356. The van der Waals surface area contributed by atoms with Gasteiger partial charge in [-0.05, 0) is 12.1 Å². The molecule has 0 saturated heterocycles. The summed E-state index contributed by atoms with van der Waals surface area (Å²) in [5.74, 6) is -1.42. The largest absolute Gasteiger partial charge is 0.469 e. The van der Waals surface area contributed by atoms with Gasteiger partial charge in [0.2, 0.25) is 0 Å². The van der Waals surface area contributed by atoms with Crippen LogP contribution in [0.5, 0.6) is 0 Å². The van der Waals surface area contributed by atoms with Crippen LogP contribution in [0.25, 0.3) is 0 Å². The average Bonchev–Trinajstić information content (AvgIpc) is 2.50. The summed E-state index contributed by atoms with van der Waals surface area (Å²) in [6, 6.07) is 6.72. The number of nitrogens with zero attached hydrogens (tertiary/aromatic N) is 1. The van der Waals surface area contributed by atoms with Gasteiger partial charge in [-0.1, -0.05) is 12.1 Å². The molecule has 0 aliphatic carbocycles. The van der Waals surface area contributed by atoms with Gasteiger partial charge in [-0.25, -0.2) is 0 Å². The highest BCUT2D eigenvalue weighted by atomic mass is 32.1. The first-order chi connectivity index (χ1) is 9.99. The first-order valence-corrected chi connectivity index (χ1v) is 6.65. The van der Waals surface area contributed by atoms with E-state index < -0.39 is 17.8 Å². The Morgan fingerprint density at radius 3 is 2.29 bits per heavy atom. The Kier molecular flexibility index (Phi) is 6.74. The topological polar surface area (TPSA) is 72.9 Å². The third-order valence-corrected chi connectivity index (χ3v) is 3.17. The minimum Gasteiger partial charge on any atom is -0.469 e. The molecule has 6 nitrogen and oxygen atoms in total. The summed E-state index contributed by atoms with van der Waals surface area (Å²) in [6.45, 7) is -0.183. The summed E-state index contributed by atoms with van der Waals surface area (Å²) in [5, 5.41) is 0. The van der Waals surface area contributed by atoms with Crippen molar-refractivity contribution in [3.63, 3.8) is 0 Å². The second-order valence-corrected chi connectivity index (χ2v) is 4.63. The van der Waals surface area contributed by atoms with E-state index in [1.54, 1.807) is 24.3 Å². The Morgan fingerprint density at radius 1 is 1.10 bits per heavy atom. The SMILES string of the molecule is COC(=O)CCN(CC(=O)OC)C(=O)c1ccccc1S. The second kappa shape index (κ2) is 8.31. The number of carbonyl (C=O) groups is 3. The summed E-state index contributed by atoms with van der Waals surface area (Å²) in [7, 11) is 2.50. The molecule has 0 fully saturated rings. The number of hydrogen-bond acceptors (Lipinski definition) is 6. The van der Waals surface area contributed by atoms with E-state index in [-0.39, 0.29) is 19.5 Å². The van der Waals surface area contributed by atoms with Crippen LogP contribution in [0.3, 0.4) is 0 Å². The minimum atomic E-state index is -0.565. The molecule has 0 aliphatic rings. The smallest absolute Gasteiger partial charge is 0.325 e.